The molecule has 2 aliphatic heterocycles. The molecule has 16 nitrogen and oxygen atoms in total. The van der Waals surface area contributed by atoms with Gasteiger partial charge in [0.25, 0.3) is 0 Å². The molecule has 0 bridgehead atoms. The largest absolute Gasteiger partial charge is 0.493 e. The number of piperazine rings is 2. The number of ether oxygens (including phenoxy) is 4. The van der Waals surface area contributed by atoms with Crippen LogP contribution in [0.3, 0.4) is 0 Å². The minimum Gasteiger partial charge on any atom is -0.493 e. The Kier molecular flexibility index (Phi) is 17.4. The molecule has 2 fully saturated rings. The van der Waals surface area contributed by atoms with Crippen LogP contribution in [0.5, 0.6) is 11.5 Å². The molecule has 73 heavy (non-hydrogen) atoms. The van der Waals surface area contributed by atoms with Crippen LogP contribution in [0, 0.1) is 0 Å². The fourth-order valence-electron chi connectivity index (χ4n) is 8.44. The van der Waals surface area contributed by atoms with Crippen LogP contribution in [0.1, 0.15) is 36.1 Å². The van der Waals surface area contributed by atoms with Gasteiger partial charge in [0.05, 0.1) is 51.6 Å². The summed E-state index contributed by atoms with van der Waals surface area (Å²) in [6.45, 7) is 1.47. The van der Waals surface area contributed by atoms with Crippen LogP contribution >= 0.6 is 11.8 Å². The lowest BCUT2D eigenvalue weighted by molar-refractivity contribution is -0.151. The lowest BCUT2D eigenvalue weighted by Gasteiger charge is -2.38. The van der Waals surface area contributed by atoms with Gasteiger partial charge in [0.15, 0.2) is 0 Å². The maximum Gasteiger partial charge on any atom is 0.418 e. The number of carbonyl (C=O) groups is 6. The molecule has 0 aromatic heterocycles. The Balaban J connectivity index is 1.53. The van der Waals surface area contributed by atoms with E-state index in [-0.39, 0.29) is 84.9 Å². The minimum atomic E-state index is -5.30. The van der Waals surface area contributed by atoms with Gasteiger partial charge in [0.2, 0.25) is 11.8 Å². The van der Waals surface area contributed by atoms with Gasteiger partial charge in [0, 0.05) is 70.4 Å². The standard InChI is InChI=1S/C50H48F6N4O12S/c1-5-71-35-13-9-7-11-31(35)41-29(17-21-39(61)59-25-23-57(47(67)69-3)27-33(59)45(63)64)15-19-37(43(41)49(51,52)53)73-38-20-16-30(42(44(38)50(54,55)56)32-12-8-10-14-36(32)72-6-2)18-22-40(62)60-26-24-58(48(68)70-4)28-34(60)46(65)66/h7-22,33-34H,5-6,23-28H2,1-4H3,(H,63,64)(H,65,66)/b21-17+,22-18+. The third kappa shape index (κ3) is 12.3. The summed E-state index contributed by atoms with van der Waals surface area (Å²) in [5.41, 5.74) is -4.78. The number of hydrogen-bond acceptors (Lipinski definition) is 11. The van der Waals surface area contributed by atoms with E-state index in [1.165, 1.54) is 60.7 Å². The number of nitrogens with zero attached hydrogens (tertiary/aromatic N) is 4. The number of alkyl halides is 6. The van der Waals surface area contributed by atoms with Gasteiger partial charge >= 0.3 is 36.5 Å². The summed E-state index contributed by atoms with van der Waals surface area (Å²) in [5, 5.41) is 19.9. The zero-order valence-electron chi connectivity index (χ0n) is 39.5. The third-order valence-electron chi connectivity index (χ3n) is 11.7. The normalized spacial score (nSPS) is 16.4. The average molecular weight is 1040 g/mol. The molecular weight excluding hydrogens is 995 g/mol. The van der Waals surface area contributed by atoms with E-state index in [9.17, 15) is 39.0 Å². The number of hydrogen-bond donors (Lipinski definition) is 2. The Bertz CT molecular complexity index is 2630. The van der Waals surface area contributed by atoms with Crippen LogP contribution in [0.4, 0.5) is 35.9 Å². The van der Waals surface area contributed by atoms with Crippen molar-refractivity contribution in [3.63, 3.8) is 0 Å². The van der Waals surface area contributed by atoms with Crippen LogP contribution in [-0.2, 0) is 41.0 Å². The number of halogens is 6. The summed E-state index contributed by atoms with van der Waals surface area (Å²) in [6.07, 6.45) is -8.48. The number of aliphatic carboxylic acids is 2. The first kappa shape index (κ1) is 54.6. The van der Waals surface area contributed by atoms with Crippen molar-refractivity contribution in [3.05, 3.63) is 107 Å². The van der Waals surface area contributed by atoms with Gasteiger partial charge in [-0.3, -0.25) is 9.59 Å². The molecule has 2 unspecified atom stereocenters. The van der Waals surface area contributed by atoms with Crippen molar-refractivity contribution in [1.82, 2.24) is 19.6 Å². The van der Waals surface area contributed by atoms with Crippen LogP contribution in [0.2, 0.25) is 0 Å². The zero-order valence-corrected chi connectivity index (χ0v) is 40.3. The number of carboxylic acid groups (broad SMARTS) is 2. The number of carboxylic acids is 2. The Labute approximate surface area is 418 Å². The number of methoxy groups -OCH3 is 2. The molecule has 0 aliphatic carbocycles. The summed E-state index contributed by atoms with van der Waals surface area (Å²) >= 11 is 0.142. The van der Waals surface area contributed by atoms with E-state index in [1.807, 2.05) is 0 Å². The van der Waals surface area contributed by atoms with Crippen LogP contribution in [0.15, 0.2) is 94.7 Å². The topological polar surface area (TPSA) is 193 Å². The number of amides is 4. The first-order chi connectivity index (χ1) is 34.6. The predicted molar refractivity (Wildman–Crippen MR) is 253 cm³/mol. The average Bonchev–Trinajstić information content (AvgIpc) is 3.36. The molecule has 0 radical (unpaired) electrons. The monoisotopic (exact) mass is 1040 g/mol. The van der Waals surface area contributed by atoms with E-state index in [4.69, 9.17) is 9.47 Å². The SMILES string of the molecule is CCOc1ccccc1-c1c(/C=C/C(=O)N2CCN(C(=O)OC)CC2C(=O)O)ccc(Sc2ccc(/C=C/C(=O)N3CCN(C(=O)OC)CC3C(=O)O)c(-c3ccccc3OCC)c2C(F)(F)F)c1C(F)(F)F. The van der Waals surface area contributed by atoms with E-state index < -0.39 is 106 Å². The molecule has 2 aliphatic rings. The Morgan fingerprint density at radius 1 is 0.589 bits per heavy atom. The summed E-state index contributed by atoms with van der Waals surface area (Å²) in [5.74, 6) is -4.88. The quantitative estimate of drug-likeness (QED) is 0.0901. The summed E-state index contributed by atoms with van der Waals surface area (Å²) in [7, 11) is 2.19. The molecule has 4 aromatic rings. The third-order valence-corrected chi connectivity index (χ3v) is 12.8. The highest BCUT2D eigenvalue weighted by Crippen LogP contribution is 2.53. The van der Waals surface area contributed by atoms with Crippen molar-refractivity contribution in [3.8, 4) is 33.8 Å². The highest BCUT2D eigenvalue weighted by atomic mass is 32.2. The molecule has 2 saturated heterocycles. The van der Waals surface area contributed by atoms with Gasteiger partial charge in [0.1, 0.15) is 23.6 Å². The van der Waals surface area contributed by atoms with Gasteiger partial charge in [-0.05, 0) is 61.4 Å². The van der Waals surface area contributed by atoms with E-state index in [0.717, 1.165) is 70.3 Å². The molecule has 0 saturated carbocycles. The second-order valence-corrected chi connectivity index (χ2v) is 17.1. The second kappa shape index (κ2) is 23.2. The van der Waals surface area contributed by atoms with Crippen LogP contribution in [0.25, 0.3) is 34.4 Å². The fraction of sp³-hybridized carbons (Fsp3) is 0.320. The molecule has 23 heteroatoms. The second-order valence-electron chi connectivity index (χ2n) is 16.0. The number of rotatable bonds is 14. The van der Waals surface area contributed by atoms with E-state index in [1.54, 1.807) is 13.8 Å². The van der Waals surface area contributed by atoms with Crippen molar-refractivity contribution in [1.29, 1.82) is 0 Å². The van der Waals surface area contributed by atoms with E-state index in [0.29, 0.717) is 0 Å². The van der Waals surface area contributed by atoms with Gasteiger partial charge in [-0.25, -0.2) is 19.2 Å². The first-order valence-electron chi connectivity index (χ1n) is 22.3. The van der Waals surface area contributed by atoms with Crippen molar-refractivity contribution < 1.29 is 84.3 Å². The first-order valence-corrected chi connectivity index (χ1v) is 23.2. The zero-order chi connectivity index (χ0) is 53.4. The lowest BCUT2D eigenvalue weighted by Crippen LogP contribution is -2.59. The summed E-state index contributed by atoms with van der Waals surface area (Å²) in [4.78, 5) is 78.8. The molecule has 4 amide bonds. The van der Waals surface area contributed by atoms with Crippen LogP contribution in [-0.4, -0.2) is 145 Å². The summed E-state index contributed by atoms with van der Waals surface area (Å²) < 4.78 is 116. The maximum atomic E-state index is 15.9. The van der Waals surface area contributed by atoms with Crippen molar-refractivity contribution in [2.24, 2.45) is 0 Å². The van der Waals surface area contributed by atoms with Crippen molar-refractivity contribution >= 4 is 59.9 Å². The minimum absolute atomic E-state index is 0.00983. The van der Waals surface area contributed by atoms with Crippen LogP contribution < -0.4 is 9.47 Å². The molecule has 2 heterocycles. The smallest absolute Gasteiger partial charge is 0.418 e. The molecular formula is C50H48F6N4O12S. The van der Waals surface area contributed by atoms with E-state index in [2.05, 4.69) is 9.47 Å². The Morgan fingerprint density at radius 2 is 0.959 bits per heavy atom. The van der Waals surface area contributed by atoms with Gasteiger partial charge in [-0.2, -0.15) is 26.3 Å². The molecule has 2 N–H and O–H groups in total. The Morgan fingerprint density at radius 3 is 1.29 bits per heavy atom. The molecule has 4 aromatic carbocycles. The van der Waals surface area contributed by atoms with Gasteiger partial charge in [-0.15, -0.1) is 0 Å². The molecule has 6 rings (SSSR count). The van der Waals surface area contributed by atoms with Crippen molar-refractivity contribution in [2.45, 2.75) is 48.1 Å². The molecule has 0 spiro atoms. The summed E-state index contributed by atoms with van der Waals surface area (Å²) in [6, 6.07) is 12.3. The number of para-hydroxylation sites is 2. The van der Waals surface area contributed by atoms with Gasteiger partial charge < -0.3 is 48.8 Å². The highest BCUT2D eigenvalue weighted by Gasteiger charge is 2.43. The van der Waals surface area contributed by atoms with E-state index >= 15 is 26.3 Å². The number of carbonyl (C=O) groups excluding carboxylic acids is 4. The maximum absolute atomic E-state index is 15.9. The lowest BCUT2D eigenvalue weighted by atomic mass is 9.92. The highest BCUT2D eigenvalue weighted by molar-refractivity contribution is 7.99. The fourth-order valence-corrected chi connectivity index (χ4v) is 9.59. The van der Waals surface area contributed by atoms with Crippen molar-refractivity contribution in [2.75, 3.05) is 66.7 Å². The predicted octanol–water partition coefficient (Wildman–Crippen LogP) is 8.76. The molecule has 2 atom stereocenters. The molecule has 388 valence electrons. The Hall–Kier alpha value is -7.69. The number of benzene rings is 4. The van der Waals surface area contributed by atoms with Gasteiger partial charge in [-0.1, -0.05) is 60.3 Å².